The van der Waals surface area contributed by atoms with Gasteiger partial charge in [-0.05, 0) is 23.6 Å². The molecular weight excluding hydrogens is 220 g/mol. The van der Waals surface area contributed by atoms with Crippen LogP contribution in [0.5, 0.6) is 0 Å². The van der Waals surface area contributed by atoms with E-state index in [1.54, 1.807) is 34.2 Å². The van der Waals surface area contributed by atoms with E-state index >= 15 is 0 Å². The monoisotopic (exact) mass is 226 g/mol. The van der Waals surface area contributed by atoms with Crippen molar-refractivity contribution in [2.45, 2.75) is 0 Å². The topological polar surface area (TPSA) is 54.0 Å². The minimum absolute atomic E-state index is 0.540. The molecule has 4 nitrogen and oxygen atoms in total. The lowest BCUT2D eigenvalue weighted by atomic mass is 10.3. The second-order valence-corrected chi connectivity index (χ2v) is 4.16. The first-order chi connectivity index (χ1) is 7.88. The summed E-state index contributed by atoms with van der Waals surface area (Å²) in [6.07, 6.45) is 1.79. The third-order valence-corrected chi connectivity index (χ3v) is 3.09. The van der Waals surface area contributed by atoms with Gasteiger partial charge in [-0.1, -0.05) is 6.07 Å². The summed E-state index contributed by atoms with van der Waals surface area (Å²) in [6, 6.07) is 9.56. The number of thiophene rings is 1. The first-order valence-corrected chi connectivity index (χ1v) is 5.56. The average Bonchev–Trinajstić information content (AvgIpc) is 2.96. The van der Waals surface area contributed by atoms with E-state index in [1.165, 1.54) is 0 Å². The maximum atomic E-state index is 8.95. The predicted molar refractivity (Wildman–Crippen MR) is 61.0 cm³/mol. The van der Waals surface area contributed by atoms with Crippen molar-refractivity contribution in [3.63, 3.8) is 0 Å². The Kier molecular flexibility index (Phi) is 1.95. The number of fused-ring (bicyclic) bond motifs is 1. The lowest BCUT2D eigenvalue weighted by Gasteiger charge is -1.90. The number of hydrogen-bond acceptors (Lipinski definition) is 4. The Bertz CT molecular complexity index is 676. The molecule has 0 fully saturated rings. The standard InChI is InChI=1S/C11H6N4S/c12-7-8-3-1-5-15-11(8)13-10(14-15)9-4-2-6-16-9/h1-6H. The molecule has 0 atom stereocenters. The van der Waals surface area contributed by atoms with Crippen LogP contribution in [0.1, 0.15) is 5.56 Å². The molecule has 0 saturated carbocycles. The summed E-state index contributed by atoms with van der Waals surface area (Å²) < 4.78 is 1.63. The van der Waals surface area contributed by atoms with Gasteiger partial charge < -0.3 is 0 Å². The Morgan fingerprint density at radius 3 is 3.00 bits per heavy atom. The number of pyridine rings is 1. The molecule has 0 unspecified atom stereocenters. The SMILES string of the molecule is N#Cc1cccn2nc(-c3cccs3)nc12. The third kappa shape index (κ3) is 1.28. The molecule has 0 N–H and O–H groups in total. The van der Waals surface area contributed by atoms with Gasteiger partial charge in [0.15, 0.2) is 11.5 Å². The predicted octanol–water partition coefficient (Wildman–Crippen LogP) is 2.33. The van der Waals surface area contributed by atoms with E-state index in [9.17, 15) is 0 Å². The summed E-state index contributed by atoms with van der Waals surface area (Å²) in [6.45, 7) is 0. The van der Waals surface area contributed by atoms with Gasteiger partial charge in [0, 0.05) is 6.20 Å². The Hall–Kier alpha value is -2.19. The van der Waals surface area contributed by atoms with Crippen molar-refractivity contribution < 1.29 is 0 Å². The van der Waals surface area contributed by atoms with Crippen LogP contribution in [-0.4, -0.2) is 14.6 Å². The zero-order valence-electron chi connectivity index (χ0n) is 8.16. The molecule has 16 heavy (non-hydrogen) atoms. The minimum atomic E-state index is 0.540. The van der Waals surface area contributed by atoms with Crippen molar-refractivity contribution in [1.82, 2.24) is 14.6 Å². The van der Waals surface area contributed by atoms with Crippen LogP contribution in [0.3, 0.4) is 0 Å². The van der Waals surface area contributed by atoms with Crippen LogP contribution in [0.25, 0.3) is 16.3 Å². The van der Waals surface area contributed by atoms with Crippen LogP contribution >= 0.6 is 11.3 Å². The zero-order valence-corrected chi connectivity index (χ0v) is 8.98. The first kappa shape index (κ1) is 9.07. The fourth-order valence-corrected chi connectivity index (χ4v) is 2.16. The normalized spacial score (nSPS) is 10.4. The molecule has 76 valence electrons. The quantitative estimate of drug-likeness (QED) is 0.640. The van der Waals surface area contributed by atoms with Crippen LogP contribution in [0.4, 0.5) is 0 Å². The van der Waals surface area contributed by atoms with Gasteiger partial charge in [-0.2, -0.15) is 5.26 Å². The number of rotatable bonds is 1. The van der Waals surface area contributed by atoms with Crippen molar-refractivity contribution in [1.29, 1.82) is 5.26 Å². The van der Waals surface area contributed by atoms with Crippen LogP contribution in [-0.2, 0) is 0 Å². The molecule has 3 aromatic rings. The van der Waals surface area contributed by atoms with E-state index in [4.69, 9.17) is 5.26 Å². The summed E-state index contributed by atoms with van der Waals surface area (Å²) in [5.74, 6) is 0.665. The lowest BCUT2D eigenvalue weighted by molar-refractivity contribution is 0.965. The zero-order chi connectivity index (χ0) is 11.0. The van der Waals surface area contributed by atoms with E-state index in [2.05, 4.69) is 16.2 Å². The van der Waals surface area contributed by atoms with Crippen molar-refractivity contribution in [3.05, 3.63) is 41.4 Å². The second kappa shape index (κ2) is 3.43. The summed E-state index contributed by atoms with van der Waals surface area (Å²) in [5.41, 5.74) is 1.14. The Morgan fingerprint density at radius 2 is 2.25 bits per heavy atom. The molecule has 0 aliphatic heterocycles. The average molecular weight is 226 g/mol. The summed E-state index contributed by atoms with van der Waals surface area (Å²) in [5, 5.41) is 15.3. The molecule has 3 rings (SSSR count). The molecule has 0 aliphatic carbocycles. The fourth-order valence-electron chi connectivity index (χ4n) is 1.50. The van der Waals surface area contributed by atoms with Crippen molar-refractivity contribution in [2.75, 3.05) is 0 Å². The van der Waals surface area contributed by atoms with Gasteiger partial charge in [0.25, 0.3) is 0 Å². The molecule has 0 saturated heterocycles. The lowest BCUT2D eigenvalue weighted by Crippen LogP contribution is -1.88. The van der Waals surface area contributed by atoms with Gasteiger partial charge in [-0.3, -0.25) is 0 Å². The van der Waals surface area contributed by atoms with Gasteiger partial charge in [-0.25, -0.2) is 9.50 Å². The van der Waals surface area contributed by atoms with Crippen LogP contribution in [0.15, 0.2) is 35.8 Å². The van der Waals surface area contributed by atoms with E-state index in [0.717, 1.165) is 4.88 Å². The summed E-state index contributed by atoms with van der Waals surface area (Å²) in [7, 11) is 0. The van der Waals surface area contributed by atoms with Crippen molar-refractivity contribution >= 4 is 17.0 Å². The molecule has 0 amide bonds. The molecule has 0 radical (unpaired) electrons. The van der Waals surface area contributed by atoms with Crippen molar-refractivity contribution in [2.24, 2.45) is 0 Å². The Balaban J connectivity index is 2.28. The van der Waals surface area contributed by atoms with Crippen molar-refractivity contribution in [3.8, 4) is 16.8 Å². The molecule has 3 heterocycles. The fraction of sp³-hybridized carbons (Fsp3) is 0. The van der Waals surface area contributed by atoms with Crippen LogP contribution in [0.2, 0.25) is 0 Å². The molecular formula is C11H6N4S. The first-order valence-electron chi connectivity index (χ1n) is 4.68. The smallest absolute Gasteiger partial charge is 0.192 e. The Labute approximate surface area is 95.4 Å². The van der Waals surface area contributed by atoms with Gasteiger partial charge >= 0.3 is 0 Å². The van der Waals surface area contributed by atoms with E-state index < -0.39 is 0 Å². The Morgan fingerprint density at radius 1 is 1.31 bits per heavy atom. The molecule has 3 aromatic heterocycles. The van der Waals surface area contributed by atoms with Gasteiger partial charge in [0.2, 0.25) is 0 Å². The van der Waals surface area contributed by atoms with E-state index in [-0.39, 0.29) is 0 Å². The molecule has 0 aromatic carbocycles. The van der Waals surface area contributed by atoms with E-state index in [0.29, 0.717) is 17.0 Å². The highest BCUT2D eigenvalue weighted by Crippen LogP contribution is 2.22. The number of nitriles is 1. The van der Waals surface area contributed by atoms with E-state index in [1.807, 2.05) is 17.5 Å². The maximum Gasteiger partial charge on any atom is 0.192 e. The largest absolute Gasteiger partial charge is 0.219 e. The molecule has 0 bridgehead atoms. The highest BCUT2D eigenvalue weighted by molar-refractivity contribution is 7.13. The highest BCUT2D eigenvalue weighted by Gasteiger charge is 2.09. The number of aromatic nitrogens is 3. The van der Waals surface area contributed by atoms with Gasteiger partial charge in [-0.15, -0.1) is 16.4 Å². The van der Waals surface area contributed by atoms with Gasteiger partial charge in [0.05, 0.1) is 10.4 Å². The second-order valence-electron chi connectivity index (χ2n) is 3.21. The number of nitrogens with zero attached hydrogens (tertiary/aromatic N) is 4. The maximum absolute atomic E-state index is 8.95. The van der Waals surface area contributed by atoms with Crippen LogP contribution < -0.4 is 0 Å². The molecule has 5 heteroatoms. The van der Waals surface area contributed by atoms with Crippen LogP contribution in [0, 0.1) is 11.3 Å². The summed E-state index contributed by atoms with van der Waals surface area (Å²) in [4.78, 5) is 5.37. The summed E-state index contributed by atoms with van der Waals surface area (Å²) >= 11 is 1.58. The highest BCUT2D eigenvalue weighted by atomic mass is 32.1. The molecule has 0 spiro atoms. The minimum Gasteiger partial charge on any atom is -0.219 e. The molecule has 0 aliphatic rings. The van der Waals surface area contributed by atoms with Gasteiger partial charge in [0.1, 0.15) is 6.07 Å². The third-order valence-electron chi connectivity index (χ3n) is 2.22. The number of hydrogen-bond donors (Lipinski definition) is 0.